The third-order valence-electron chi connectivity index (χ3n) is 5.28. The van der Waals surface area contributed by atoms with Crippen molar-refractivity contribution < 1.29 is 9.59 Å². The Morgan fingerprint density at radius 2 is 1.93 bits per heavy atom. The Morgan fingerprint density at radius 1 is 1.14 bits per heavy atom. The molecule has 3 heterocycles. The zero-order valence-electron chi connectivity index (χ0n) is 17.0. The Balaban J connectivity index is 1.59. The maximum atomic E-state index is 12.5. The summed E-state index contributed by atoms with van der Waals surface area (Å²) in [6.45, 7) is 9.37. The topological polar surface area (TPSA) is 77.6 Å². The molecular weight excluding hydrogens is 386 g/mol. The summed E-state index contributed by atoms with van der Waals surface area (Å²) < 4.78 is 0. The maximum absolute atomic E-state index is 12.5. The van der Waals surface area contributed by atoms with Gasteiger partial charge in [0.05, 0.1) is 18.3 Å². The average molecular weight is 416 g/mol. The van der Waals surface area contributed by atoms with Crippen LogP contribution in [0.25, 0.3) is 0 Å². The van der Waals surface area contributed by atoms with E-state index in [0.717, 1.165) is 32.7 Å². The first-order valence-corrected chi connectivity index (χ1v) is 10.9. The van der Waals surface area contributed by atoms with Gasteiger partial charge in [0.25, 0.3) is 0 Å². The molecule has 0 aliphatic carbocycles. The van der Waals surface area contributed by atoms with Crippen molar-refractivity contribution in [1.82, 2.24) is 25.4 Å². The molecule has 1 aliphatic rings. The van der Waals surface area contributed by atoms with Gasteiger partial charge in [-0.05, 0) is 37.0 Å². The van der Waals surface area contributed by atoms with Crippen LogP contribution >= 0.6 is 11.3 Å². The van der Waals surface area contributed by atoms with E-state index in [4.69, 9.17) is 0 Å². The molecule has 2 atom stereocenters. The number of rotatable bonds is 7. The molecule has 8 heteroatoms. The maximum Gasteiger partial charge on any atom is 0.309 e. The van der Waals surface area contributed by atoms with Crippen molar-refractivity contribution >= 4 is 23.2 Å². The Hall–Kier alpha value is -2.29. The van der Waals surface area contributed by atoms with Crippen molar-refractivity contribution in [2.75, 3.05) is 32.7 Å². The van der Waals surface area contributed by atoms with Crippen molar-refractivity contribution in [3.05, 3.63) is 52.5 Å². The summed E-state index contributed by atoms with van der Waals surface area (Å²) in [5, 5.41) is 7.60. The number of carbonyl (C=O) groups excluding carboxylic acids is 2. The van der Waals surface area contributed by atoms with Gasteiger partial charge in [0.2, 0.25) is 0 Å². The Labute approximate surface area is 176 Å². The van der Waals surface area contributed by atoms with Crippen LogP contribution in [-0.2, 0) is 16.1 Å². The van der Waals surface area contributed by atoms with Crippen molar-refractivity contribution in [2.45, 2.75) is 32.5 Å². The standard InChI is InChI=1S/C21H29N5O2S/c1-3-25-10-12-26(13-11-25)19(18-8-6-14-29-18)16(2)24-21(28)20(27)23-15-17-7-4-5-9-22-17/h4-9,14,16,19H,3,10-13,15H2,1-2H3,(H,23,27)(H,24,28)/t16-,19+/m1/s1. The second-order valence-corrected chi connectivity index (χ2v) is 8.18. The van der Waals surface area contributed by atoms with E-state index in [2.05, 4.69) is 43.8 Å². The van der Waals surface area contributed by atoms with Crippen LogP contribution < -0.4 is 10.6 Å². The number of aromatic nitrogens is 1. The Kier molecular flexibility index (Phi) is 7.74. The minimum absolute atomic E-state index is 0.0570. The van der Waals surface area contributed by atoms with Crippen LogP contribution in [0.2, 0.25) is 0 Å². The van der Waals surface area contributed by atoms with Crippen LogP contribution in [0.4, 0.5) is 0 Å². The van der Waals surface area contributed by atoms with E-state index in [9.17, 15) is 9.59 Å². The third kappa shape index (κ3) is 5.85. The van der Waals surface area contributed by atoms with Crippen molar-refractivity contribution in [1.29, 1.82) is 0 Å². The highest BCUT2D eigenvalue weighted by Crippen LogP contribution is 2.29. The number of thiophene rings is 1. The second kappa shape index (κ2) is 10.5. The van der Waals surface area contributed by atoms with Crippen LogP contribution in [0.15, 0.2) is 41.9 Å². The molecule has 2 aromatic rings. The summed E-state index contributed by atoms with van der Waals surface area (Å²) in [5.74, 6) is -1.24. The van der Waals surface area contributed by atoms with Gasteiger partial charge in [-0.3, -0.25) is 19.5 Å². The Bertz CT molecular complexity index is 776. The molecule has 0 spiro atoms. The molecule has 0 unspecified atom stereocenters. The molecule has 0 bridgehead atoms. The van der Waals surface area contributed by atoms with Crippen LogP contribution in [-0.4, -0.2) is 65.4 Å². The third-order valence-corrected chi connectivity index (χ3v) is 6.22. The second-order valence-electron chi connectivity index (χ2n) is 7.20. The normalized spacial score (nSPS) is 17.4. The van der Waals surface area contributed by atoms with Crippen LogP contribution in [0.3, 0.4) is 0 Å². The van der Waals surface area contributed by atoms with Crippen molar-refractivity contribution in [3.8, 4) is 0 Å². The lowest BCUT2D eigenvalue weighted by Gasteiger charge is -2.41. The lowest BCUT2D eigenvalue weighted by Crippen LogP contribution is -2.53. The molecule has 0 saturated carbocycles. The molecule has 1 saturated heterocycles. The molecular formula is C21H29N5O2S. The molecule has 2 amide bonds. The fraction of sp³-hybridized carbons (Fsp3) is 0.476. The van der Waals surface area contributed by atoms with Crippen LogP contribution in [0, 0.1) is 0 Å². The molecule has 2 aromatic heterocycles. The lowest BCUT2D eigenvalue weighted by atomic mass is 10.0. The van der Waals surface area contributed by atoms with E-state index < -0.39 is 11.8 Å². The van der Waals surface area contributed by atoms with E-state index >= 15 is 0 Å². The van der Waals surface area contributed by atoms with Gasteiger partial charge in [-0.15, -0.1) is 11.3 Å². The molecule has 0 aromatic carbocycles. The van der Waals surface area contributed by atoms with E-state index in [1.54, 1.807) is 17.5 Å². The SMILES string of the molecule is CCN1CCN([C@H](c2cccs2)[C@@H](C)NC(=O)C(=O)NCc2ccccn2)CC1. The van der Waals surface area contributed by atoms with Gasteiger partial charge in [-0.2, -0.15) is 0 Å². The fourth-order valence-electron chi connectivity index (χ4n) is 3.66. The number of nitrogens with one attached hydrogen (secondary N) is 2. The van der Waals surface area contributed by atoms with Gasteiger partial charge >= 0.3 is 11.8 Å². The first kappa shape index (κ1) is 21.4. The zero-order chi connectivity index (χ0) is 20.6. The summed E-state index contributed by atoms with van der Waals surface area (Å²) >= 11 is 1.69. The minimum atomic E-state index is -0.636. The van der Waals surface area contributed by atoms with E-state index in [0.29, 0.717) is 5.69 Å². The number of likely N-dealkylation sites (N-methyl/N-ethyl adjacent to an activating group) is 1. The largest absolute Gasteiger partial charge is 0.343 e. The van der Waals surface area contributed by atoms with Gasteiger partial charge in [-0.1, -0.05) is 19.1 Å². The summed E-state index contributed by atoms with van der Waals surface area (Å²) in [6.07, 6.45) is 1.66. The first-order valence-electron chi connectivity index (χ1n) is 10.1. The molecule has 7 nitrogen and oxygen atoms in total. The smallest absolute Gasteiger partial charge is 0.309 e. The summed E-state index contributed by atoms with van der Waals surface area (Å²) in [5.41, 5.74) is 0.715. The number of piperazine rings is 1. The van der Waals surface area contributed by atoms with Crippen LogP contribution in [0.5, 0.6) is 0 Å². The van der Waals surface area contributed by atoms with E-state index in [-0.39, 0.29) is 18.6 Å². The van der Waals surface area contributed by atoms with Crippen LogP contribution in [0.1, 0.15) is 30.5 Å². The summed E-state index contributed by atoms with van der Waals surface area (Å²) in [4.78, 5) is 34.9. The quantitative estimate of drug-likeness (QED) is 0.673. The van der Waals surface area contributed by atoms with Gasteiger partial charge in [0.15, 0.2) is 0 Å². The monoisotopic (exact) mass is 415 g/mol. The molecule has 2 N–H and O–H groups in total. The van der Waals surface area contributed by atoms with E-state index in [1.807, 2.05) is 31.2 Å². The lowest BCUT2D eigenvalue weighted by molar-refractivity contribution is -0.140. The first-order chi connectivity index (χ1) is 14.1. The Morgan fingerprint density at radius 3 is 2.55 bits per heavy atom. The van der Waals surface area contributed by atoms with Crippen molar-refractivity contribution in [3.63, 3.8) is 0 Å². The predicted molar refractivity (Wildman–Crippen MR) is 114 cm³/mol. The van der Waals surface area contributed by atoms with Gasteiger partial charge < -0.3 is 15.5 Å². The number of pyridine rings is 1. The van der Waals surface area contributed by atoms with E-state index in [1.165, 1.54) is 4.88 Å². The van der Waals surface area contributed by atoms with Gasteiger partial charge in [0.1, 0.15) is 0 Å². The fourth-order valence-corrected chi connectivity index (χ4v) is 4.63. The molecule has 1 fully saturated rings. The van der Waals surface area contributed by atoms with Gasteiger partial charge in [0, 0.05) is 43.3 Å². The highest BCUT2D eigenvalue weighted by atomic mass is 32.1. The summed E-state index contributed by atoms with van der Waals surface area (Å²) in [6, 6.07) is 9.47. The number of nitrogens with zero attached hydrogens (tertiary/aromatic N) is 3. The van der Waals surface area contributed by atoms with Gasteiger partial charge in [-0.25, -0.2) is 0 Å². The predicted octanol–water partition coefficient (Wildman–Crippen LogP) is 1.64. The molecule has 156 valence electrons. The summed E-state index contributed by atoms with van der Waals surface area (Å²) in [7, 11) is 0. The number of hydrogen-bond acceptors (Lipinski definition) is 6. The molecule has 29 heavy (non-hydrogen) atoms. The molecule has 0 radical (unpaired) electrons. The number of hydrogen-bond donors (Lipinski definition) is 2. The average Bonchev–Trinajstić information content (AvgIpc) is 3.27. The van der Waals surface area contributed by atoms with Crippen molar-refractivity contribution in [2.24, 2.45) is 0 Å². The number of amides is 2. The zero-order valence-corrected chi connectivity index (χ0v) is 17.8. The molecule has 1 aliphatic heterocycles. The number of carbonyl (C=O) groups is 2. The highest BCUT2D eigenvalue weighted by Gasteiger charge is 2.31. The minimum Gasteiger partial charge on any atom is -0.343 e. The molecule has 3 rings (SSSR count). The highest BCUT2D eigenvalue weighted by molar-refractivity contribution is 7.10.